The van der Waals surface area contributed by atoms with Crippen molar-refractivity contribution in [2.45, 2.75) is 25.8 Å². The van der Waals surface area contributed by atoms with Crippen LogP contribution < -0.4 is 11.1 Å². The fraction of sp³-hybridized carbons (Fsp3) is 0.889. The molecule has 1 heterocycles. The van der Waals surface area contributed by atoms with Crippen LogP contribution in [0.4, 0.5) is 0 Å². The first kappa shape index (κ1) is 10.5. The number of likely N-dealkylation sites (tertiary alicyclic amines) is 1. The van der Waals surface area contributed by atoms with Crippen LogP contribution in [0.1, 0.15) is 19.8 Å². The molecule has 0 aromatic heterocycles. The normalized spacial score (nSPS) is 18.3. The van der Waals surface area contributed by atoms with Crippen LogP contribution in [0.5, 0.6) is 0 Å². The average Bonchev–Trinajstić information content (AvgIpc) is 2.02. The minimum Gasteiger partial charge on any atom is -0.355 e. The molecule has 1 amide bonds. The summed E-state index contributed by atoms with van der Waals surface area (Å²) < 4.78 is 0. The van der Waals surface area contributed by atoms with E-state index >= 15 is 0 Å². The Morgan fingerprint density at radius 3 is 2.85 bits per heavy atom. The molecule has 0 spiro atoms. The quantitative estimate of drug-likeness (QED) is 0.570. The molecule has 0 aromatic rings. The molecule has 0 aliphatic carbocycles. The topological polar surface area (TPSA) is 58.4 Å². The second-order valence-electron chi connectivity index (χ2n) is 3.66. The highest BCUT2D eigenvalue weighted by Crippen LogP contribution is 2.03. The Hall–Kier alpha value is -0.610. The summed E-state index contributed by atoms with van der Waals surface area (Å²) >= 11 is 0. The summed E-state index contributed by atoms with van der Waals surface area (Å²) in [6.45, 7) is 5.15. The molecule has 1 aliphatic heterocycles. The summed E-state index contributed by atoms with van der Waals surface area (Å²) in [4.78, 5) is 13.3. The first-order chi connectivity index (χ1) is 6.22. The summed E-state index contributed by atoms with van der Waals surface area (Å²) in [5.74, 6) is 0.125. The van der Waals surface area contributed by atoms with E-state index in [0.29, 0.717) is 6.54 Å². The lowest BCUT2D eigenvalue weighted by Gasteiger charge is -2.36. The molecule has 1 saturated heterocycles. The van der Waals surface area contributed by atoms with E-state index in [1.807, 2.05) is 0 Å². The van der Waals surface area contributed by atoms with E-state index in [0.717, 1.165) is 32.5 Å². The fourth-order valence-electron chi connectivity index (χ4n) is 1.40. The summed E-state index contributed by atoms with van der Waals surface area (Å²) in [6, 6.07) is 0.281. The maximum Gasteiger partial charge on any atom is 0.234 e. The number of rotatable bonds is 5. The molecule has 3 N–H and O–H groups in total. The number of hydrogen-bond acceptors (Lipinski definition) is 3. The predicted octanol–water partition coefficient (Wildman–Crippen LogP) is -0.454. The van der Waals surface area contributed by atoms with Crippen molar-refractivity contribution in [1.82, 2.24) is 10.2 Å². The molecule has 1 rings (SSSR count). The van der Waals surface area contributed by atoms with Crippen LogP contribution in [0, 0.1) is 0 Å². The van der Waals surface area contributed by atoms with Gasteiger partial charge in [-0.25, -0.2) is 0 Å². The molecule has 13 heavy (non-hydrogen) atoms. The Labute approximate surface area is 79.5 Å². The van der Waals surface area contributed by atoms with Crippen LogP contribution in [0.2, 0.25) is 0 Å². The van der Waals surface area contributed by atoms with E-state index in [2.05, 4.69) is 17.1 Å². The van der Waals surface area contributed by atoms with Crippen molar-refractivity contribution in [2.75, 3.05) is 26.2 Å². The Morgan fingerprint density at radius 2 is 2.31 bits per heavy atom. The second-order valence-corrected chi connectivity index (χ2v) is 3.66. The van der Waals surface area contributed by atoms with Gasteiger partial charge in [0.2, 0.25) is 5.91 Å². The first-order valence-corrected chi connectivity index (χ1v) is 4.97. The molecule has 4 heteroatoms. The van der Waals surface area contributed by atoms with Crippen molar-refractivity contribution in [2.24, 2.45) is 5.73 Å². The Bertz CT molecular complexity index is 166. The van der Waals surface area contributed by atoms with Crippen molar-refractivity contribution >= 4 is 5.91 Å². The molecule has 0 bridgehead atoms. The van der Waals surface area contributed by atoms with Crippen molar-refractivity contribution in [3.8, 4) is 0 Å². The van der Waals surface area contributed by atoms with E-state index in [4.69, 9.17) is 5.73 Å². The molecule has 0 saturated carbocycles. The van der Waals surface area contributed by atoms with Crippen LogP contribution in [0.3, 0.4) is 0 Å². The maximum atomic E-state index is 11.2. The van der Waals surface area contributed by atoms with E-state index < -0.39 is 0 Å². The SMILES string of the molecule is CCCCNC(=O)CN1CC(N)C1. The van der Waals surface area contributed by atoms with Crippen LogP contribution in [0.25, 0.3) is 0 Å². The highest BCUT2D eigenvalue weighted by Gasteiger charge is 2.24. The van der Waals surface area contributed by atoms with Gasteiger partial charge in [-0.2, -0.15) is 0 Å². The molecule has 0 unspecified atom stereocenters. The lowest BCUT2D eigenvalue weighted by atomic mass is 10.1. The lowest BCUT2D eigenvalue weighted by Crippen LogP contribution is -2.57. The lowest BCUT2D eigenvalue weighted by molar-refractivity contribution is -0.123. The van der Waals surface area contributed by atoms with Gasteiger partial charge >= 0.3 is 0 Å². The number of amides is 1. The van der Waals surface area contributed by atoms with Gasteiger partial charge in [-0.05, 0) is 6.42 Å². The van der Waals surface area contributed by atoms with Crippen molar-refractivity contribution in [3.05, 3.63) is 0 Å². The van der Waals surface area contributed by atoms with Crippen LogP contribution >= 0.6 is 0 Å². The van der Waals surface area contributed by atoms with Gasteiger partial charge in [0.15, 0.2) is 0 Å². The van der Waals surface area contributed by atoms with Crippen LogP contribution in [-0.2, 0) is 4.79 Å². The van der Waals surface area contributed by atoms with E-state index in [9.17, 15) is 4.79 Å². The summed E-state index contributed by atoms with van der Waals surface area (Å²) in [5.41, 5.74) is 5.59. The van der Waals surface area contributed by atoms with E-state index in [1.54, 1.807) is 0 Å². The minimum absolute atomic E-state index is 0.125. The number of carbonyl (C=O) groups is 1. The van der Waals surface area contributed by atoms with Gasteiger partial charge in [-0.1, -0.05) is 13.3 Å². The predicted molar refractivity (Wildman–Crippen MR) is 52.3 cm³/mol. The molecule has 1 aliphatic rings. The Balaban J connectivity index is 1.98. The highest BCUT2D eigenvalue weighted by atomic mass is 16.2. The van der Waals surface area contributed by atoms with Gasteiger partial charge in [0, 0.05) is 25.7 Å². The van der Waals surface area contributed by atoms with E-state index in [1.165, 1.54) is 0 Å². The minimum atomic E-state index is 0.125. The molecule has 4 nitrogen and oxygen atoms in total. The van der Waals surface area contributed by atoms with Gasteiger partial charge in [-0.3, -0.25) is 9.69 Å². The highest BCUT2D eigenvalue weighted by molar-refractivity contribution is 5.78. The number of nitrogens with two attached hydrogens (primary N) is 1. The zero-order valence-corrected chi connectivity index (χ0v) is 8.25. The average molecular weight is 185 g/mol. The third-order valence-electron chi connectivity index (χ3n) is 2.21. The smallest absolute Gasteiger partial charge is 0.234 e. The molecule has 0 radical (unpaired) electrons. The van der Waals surface area contributed by atoms with Gasteiger partial charge < -0.3 is 11.1 Å². The summed E-state index contributed by atoms with van der Waals surface area (Å²) in [7, 11) is 0. The van der Waals surface area contributed by atoms with Gasteiger partial charge in [0.1, 0.15) is 0 Å². The Kier molecular flexibility index (Phi) is 4.18. The Morgan fingerprint density at radius 1 is 1.62 bits per heavy atom. The number of carbonyl (C=O) groups excluding carboxylic acids is 1. The first-order valence-electron chi connectivity index (χ1n) is 4.97. The number of unbranched alkanes of at least 4 members (excludes halogenated alkanes) is 1. The van der Waals surface area contributed by atoms with Gasteiger partial charge in [0.05, 0.1) is 6.54 Å². The summed E-state index contributed by atoms with van der Waals surface area (Å²) in [6.07, 6.45) is 2.18. The number of nitrogens with zero attached hydrogens (tertiary/aromatic N) is 1. The number of nitrogens with one attached hydrogen (secondary N) is 1. The monoisotopic (exact) mass is 185 g/mol. The standard InChI is InChI=1S/C9H19N3O/c1-2-3-4-11-9(13)7-12-5-8(10)6-12/h8H,2-7,10H2,1H3,(H,11,13). The summed E-state index contributed by atoms with van der Waals surface area (Å²) in [5, 5.41) is 2.88. The third kappa shape index (κ3) is 3.74. The van der Waals surface area contributed by atoms with Gasteiger partial charge in [0.25, 0.3) is 0 Å². The fourth-order valence-corrected chi connectivity index (χ4v) is 1.40. The molecule has 76 valence electrons. The van der Waals surface area contributed by atoms with Crippen LogP contribution in [0.15, 0.2) is 0 Å². The third-order valence-corrected chi connectivity index (χ3v) is 2.21. The van der Waals surface area contributed by atoms with Crippen LogP contribution in [-0.4, -0.2) is 43.0 Å². The van der Waals surface area contributed by atoms with Crippen molar-refractivity contribution in [1.29, 1.82) is 0 Å². The molecule has 1 fully saturated rings. The van der Waals surface area contributed by atoms with E-state index in [-0.39, 0.29) is 11.9 Å². The molecular formula is C9H19N3O. The maximum absolute atomic E-state index is 11.2. The zero-order chi connectivity index (χ0) is 9.68. The largest absolute Gasteiger partial charge is 0.355 e. The molecular weight excluding hydrogens is 166 g/mol. The van der Waals surface area contributed by atoms with Crippen molar-refractivity contribution in [3.63, 3.8) is 0 Å². The molecule has 0 atom stereocenters. The zero-order valence-electron chi connectivity index (χ0n) is 8.25. The van der Waals surface area contributed by atoms with Gasteiger partial charge in [-0.15, -0.1) is 0 Å². The number of hydrogen-bond donors (Lipinski definition) is 2. The molecule has 0 aromatic carbocycles. The van der Waals surface area contributed by atoms with Crippen molar-refractivity contribution < 1.29 is 4.79 Å². The second kappa shape index (κ2) is 5.19.